The summed E-state index contributed by atoms with van der Waals surface area (Å²) in [5, 5.41) is 9.60. The van der Waals surface area contributed by atoms with Crippen molar-refractivity contribution in [3.05, 3.63) is 62.3 Å². The van der Waals surface area contributed by atoms with Crippen molar-refractivity contribution in [2.75, 3.05) is 11.5 Å². The molecule has 0 aliphatic carbocycles. The van der Waals surface area contributed by atoms with E-state index in [1.54, 1.807) is 19.1 Å². The average Bonchev–Trinajstić information content (AvgIpc) is 2.63. The van der Waals surface area contributed by atoms with Crippen molar-refractivity contribution >= 4 is 23.4 Å². The number of rotatable bonds is 6. The Balaban J connectivity index is 2.19. The lowest BCUT2D eigenvalue weighted by atomic mass is 10.1. The third-order valence-electron chi connectivity index (χ3n) is 4.01. The van der Waals surface area contributed by atoms with Gasteiger partial charge in [0.05, 0.1) is 11.4 Å². The smallest absolute Gasteiger partial charge is 0.332 e. The van der Waals surface area contributed by atoms with E-state index in [9.17, 15) is 19.5 Å². The second-order valence-electron chi connectivity index (χ2n) is 5.73. The van der Waals surface area contributed by atoms with Gasteiger partial charge in [0.15, 0.2) is 5.78 Å². The molecule has 3 N–H and O–H groups in total. The van der Waals surface area contributed by atoms with Crippen LogP contribution in [0.4, 0.5) is 5.82 Å². The maximum atomic E-state index is 12.6. The Morgan fingerprint density at radius 2 is 1.80 bits per heavy atom. The molecule has 0 radical (unpaired) electrons. The number of nitrogens with two attached hydrogens (primary N) is 1. The predicted octanol–water partition coefficient (Wildman–Crippen LogP) is 0.704. The van der Waals surface area contributed by atoms with Gasteiger partial charge in [0.1, 0.15) is 11.4 Å². The number of nitrogens with zero attached hydrogens (tertiary/aromatic N) is 2. The first kappa shape index (κ1) is 19.0. The Labute approximate surface area is 149 Å². The summed E-state index contributed by atoms with van der Waals surface area (Å²) in [5.74, 6) is -0.309. The summed E-state index contributed by atoms with van der Waals surface area (Å²) in [4.78, 5) is 36.7. The molecule has 0 aliphatic heterocycles. The van der Waals surface area contributed by atoms with Crippen molar-refractivity contribution in [3.63, 3.8) is 0 Å². The van der Waals surface area contributed by atoms with Crippen LogP contribution in [0.3, 0.4) is 0 Å². The molecule has 0 saturated carbocycles. The van der Waals surface area contributed by atoms with E-state index < -0.39 is 28.4 Å². The maximum absolute atomic E-state index is 12.6. The zero-order valence-corrected chi connectivity index (χ0v) is 15.1. The summed E-state index contributed by atoms with van der Waals surface area (Å²) in [6.45, 7) is 1.65. The van der Waals surface area contributed by atoms with E-state index in [1.165, 1.54) is 25.9 Å². The molecule has 2 atom stereocenters. The van der Waals surface area contributed by atoms with Crippen molar-refractivity contribution in [1.82, 2.24) is 9.13 Å². The number of benzene rings is 1. The van der Waals surface area contributed by atoms with E-state index in [1.807, 2.05) is 18.2 Å². The van der Waals surface area contributed by atoms with E-state index in [0.29, 0.717) is 5.75 Å². The van der Waals surface area contributed by atoms with Crippen LogP contribution in [0.5, 0.6) is 0 Å². The first-order valence-corrected chi connectivity index (χ1v) is 8.74. The summed E-state index contributed by atoms with van der Waals surface area (Å²) >= 11 is 1.22. The average molecular weight is 363 g/mol. The van der Waals surface area contributed by atoms with Crippen molar-refractivity contribution < 1.29 is 9.90 Å². The number of nitrogen functional groups attached to an aromatic ring is 1. The summed E-state index contributed by atoms with van der Waals surface area (Å²) in [5.41, 5.74) is 5.08. The topological polar surface area (TPSA) is 107 Å². The number of aromatic nitrogens is 2. The van der Waals surface area contributed by atoms with Gasteiger partial charge in [0.2, 0.25) is 0 Å². The minimum absolute atomic E-state index is 0.144. The van der Waals surface area contributed by atoms with Gasteiger partial charge >= 0.3 is 5.69 Å². The highest BCUT2D eigenvalue weighted by atomic mass is 32.2. The number of hydrogen-bond donors (Lipinski definition) is 2. The molecule has 2 rings (SSSR count). The van der Waals surface area contributed by atoms with Gasteiger partial charge < -0.3 is 10.8 Å². The number of hydrogen-bond acceptors (Lipinski definition) is 6. The van der Waals surface area contributed by atoms with Crippen LogP contribution in [-0.2, 0) is 14.1 Å². The third-order valence-corrected chi connectivity index (χ3v) is 5.24. The molecule has 1 aromatic carbocycles. The van der Waals surface area contributed by atoms with Gasteiger partial charge in [-0.25, -0.2) is 4.79 Å². The summed E-state index contributed by atoms with van der Waals surface area (Å²) < 4.78 is 1.94. The fourth-order valence-electron chi connectivity index (χ4n) is 2.38. The van der Waals surface area contributed by atoms with Gasteiger partial charge in [0.25, 0.3) is 5.56 Å². The molecule has 25 heavy (non-hydrogen) atoms. The highest BCUT2D eigenvalue weighted by Gasteiger charge is 2.25. The molecule has 0 bridgehead atoms. The zero-order chi connectivity index (χ0) is 18.7. The molecule has 1 heterocycles. The van der Waals surface area contributed by atoms with Crippen molar-refractivity contribution in [2.45, 2.75) is 18.3 Å². The first-order chi connectivity index (χ1) is 11.8. The molecule has 0 aliphatic rings. The van der Waals surface area contributed by atoms with Gasteiger partial charge in [-0.15, -0.1) is 11.8 Å². The number of aliphatic hydroxyl groups is 1. The molecule has 0 fully saturated rings. The van der Waals surface area contributed by atoms with Crippen LogP contribution >= 0.6 is 11.8 Å². The molecule has 2 aromatic rings. The molecule has 0 spiro atoms. The van der Waals surface area contributed by atoms with Gasteiger partial charge in [0, 0.05) is 19.8 Å². The number of carbonyl (C=O) groups is 1. The molecule has 8 heteroatoms. The monoisotopic (exact) mass is 363 g/mol. The highest BCUT2D eigenvalue weighted by Crippen LogP contribution is 2.23. The van der Waals surface area contributed by atoms with Crippen LogP contribution in [0, 0.1) is 0 Å². The molecule has 134 valence electrons. The van der Waals surface area contributed by atoms with Crippen molar-refractivity contribution in [2.24, 2.45) is 14.1 Å². The number of thioether (sulfide) groups is 1. The van der Waals surface area contributed by atoms with Crippen LogP contribution in [0.15, 0.2) is 39.9 Å². The SMILES string of the molecule is CC(SCC(O)c1ccccc1)C(=O)c1c(N)n(C)c(=O)n(C)c1=O. The summed E-state index contributed by atoms with van der Waals surface area (Å²) in [7, 11) is 2.71. The van der Waals surface area contributed by atoms with Crippen LogP contribution in [-0.4, -0.2) is 31.0 Å². The Morgan fingerprint density at radius 1 is 1.20 bits per heavy atom. The normalized spacial score (nSPS) is 13.4. The second kappa shape index (κ2) is 7.71. The van der Waals surface area contributed by atoms with Crippen molar-refractivity contribution in [3.8, 4) is 0 Å². The van der Waals surface area contributed by atoms with E-state index in [0.717, 1.165) is 14.7 Å². The van der Waals surface area contributed by atoms with E-state index in [-0.39, 0.29) is 11.4 Å². The first-order valence-electron chi connectivity index (χ1n) is 7.70. The Morgan fingerprint density at radius 3 is 2.40 bits per heavy atom. The fourth-order valence-corrected chi connectivity index (χ4v) is 3.31. The van der Waals surface area contributed by atoms with Crippen LogP contribution < -0.4 is 17.0 Å². The summed E-state index contributed by atoms with van der Waals surface area (Å²) in [6, 6.07) is 9.12. The largest absolute Gasteiger partial charge is 0.388 e. The standard InChI is InChI=1S/C17H21N3O4S/c1-10(25-9-12(21)11-7-5-4-6-8-11)14(22)13-15(18)19(2)17(24)20(3)16(13)23/h4-8,10,12,21H,9,18H2,1-3H3. The van der Waals surface area contributed by atoms with Crippen LogP contribution in [0.25, 0.3) is 0 Å². The second-order valence-corrected chi connectivity index (χ2v) is 7.11. The Kier molecular flexibility index (Phi) is 5.86. The predicted molar refractivity (Wildman–Crippen MR) is 99.0 cm³/mol. The lowest BCUT2D eigenvalue weighted by Crippen LogP contribution is -2.42. The summed E-state index contributed by atoms with van der Waals surface area (Å²) in [6.07, 6.45) is -0.721. The van der Waals surface area contributed by atoms with Gasteiger partial charge in [-0.3, -0.25) is 18.7 Å². The van der Waals surface area contributed by atoms with E-state index in [2.05, 4.69) is 0 Å². The minimum Gasteiger partial charge on any atom is -0.388 e. The number of ketones is 1. The number of Topliss-reactive ketones (excluding diaryl/α,β-unsaturated/α-hetero) is 1. The molecule has 2 unspecified atom stereocenters. The van der Waals surface area contributed by atoms with Crippen molar-refractivity contribution in [1.29, 1.82) is 0 Å². The molecular formula is C17H21N3O4S. The molecule has 7 nitrogen and oxygen atoms in total. The molecular weight excluding hydrogens is 342 g/mol. The van der Waals surface area contributed by atoms with Crippen LogP contribution in [0.1, 0.15) is 28.9 Å². The van der Waals surface area contributed by atoms with Gasteiger partial charge in [-0.05, 0) is 12.5 Å². The zero-order valence-electron chi connectivity index (χ0n) is 14.3. The fraction of sp³-hybridized carbons (Fsp3) is 0.353. The number of aliphatic hydroxyl groups excluding tert-OH is 1. The lowest BCUT2D eigenvalue weighted by molar-refractivity contribution is 0.0992. The Hall–Kier alpha value is -2.32. The van der Waals surface area contributed by atoms with Gasteiger partial charge in [-0.2, -0.15) is 0 Å². The molecule has 0 saturated heterocycles. The quantitative estimate of drug-likeness (QED) is 0.732. The highest BCUT2D eigenvalue weighted by molar-refractivity contribution is 8.00. The third kappa shape index (κ3) is 3.85. The maximum Gasteiger partial charge on any atom is 0.332 e. The van der Waals surface area contributed by atoms with Gasteiger partial charge in [-0.1, -0.05) is 30.3 Å². The number of anilines is 1. The van der Waals surface area contributed by atoms with E-state index >= 15 is 0 Å². The van der Waals surface area contributed by atoms with Crippen LogP contribution in [0.2, 0.25) is 0 Å². The number of carbonyl (C=O) groups excluding carboxylic acids is 1. The lowest BCUT2D eigenvalue weighted by Gasteiger charge is -2.16. The Bertz CT molecular complexity index is 889. The van der Waals surface area contributed by atoms with E-state index in [4.69, 9.17) is 5.73 Å². The minimum atomic E-state index is -0.721. The molecule has 1 aromatic heterocycles. The molecule has 0 amide bonds.